The number of esters is 1. The Labute approximate surface area is 138 Å². The highest BCUT2D eigenvalue weighted by molar-refractivity contribution is 7.92. The molecule has 6 nitrogen and oxygen atoms in total. The van der Waals surface area contributed by atoms with Crippen LogP contribution in [0.3, 0.4) is 0 Å². The fourth-order valence-corrected chi connectivity index (χ4v) is 3.09. The zero-order valence-corrected chi connectivity index (χ0v) is 14.2. The van der Waals surface area contributed by atoms with E-state index in [2.05, 4.69) is 4.72 Å². The van der Waals surface area contributed by atoms with E-state index in [1.807, 2.05) is 6.92 Å². The van der Waals surface area contributed by atoms with Crippen LogP contribution >= 0.6 is 11.3 Å². The van der Waals surface area contributed by atoms with E-state index in [0.29, 0.717) is 16.1 Å². The number of ether oxygens (including phenoxy) is 1. The van der Waals surface area contributed by atoms with E-state index in [1.54, 1.807) is 12.1 Å². The number of ketones is 1. The molecule has 0 amide bonds. The summed E-state index contributed by atoms with van der Waals surface area (Å²) >= 11 is 1.30. The van der Waals surface area contributed by atoms with Crippen LogP contribution < -0.4 is 4.72 Å². The van der Waals surface area contributed by atoms with Crippen LogP contribution in [0.2, 0.25) is 0 Å². The monoisotopic (exact) mass is 353 g/mol. The average molecular weight is 353 g/mol. The van der Waals surface area contributed by atoms with Gasteiger partial charge in [-0.2, -0.15) is 0 Å². The third kappa shape index (κ3) is 5.19. The molecular weight excluding hydrogens is 338 g/mol. The number of carbonyl (C=O) groups excluding carboxylic acids is 2. The summed E-state index contributed by atoms with van der Waals surface area (Å²) in [4.78, 5) is 25.2. The van der Waals surface area contributed by atoms with Crippen molar-refractivity contribution in [3.05, 3.63) is 51.7 Å². The number of benzene rings is 1. The number of sulfonamides is 1. The highest BCUT2D eigenvalue weighted by Gasteiger charge is 2.13. The molecule has 0 bridgehead atoms. The molecule has 0 atom stereocenters. The maximum atomic E-state index is 12.0. The molecule has 1 aromatic heterocycles. The fraction of sp³-hybridized carbons (Fsp3) is 0.200. The first-order chi connectivity index (χ1) is 10.7. The second kappa shape index (κ2) is 6.93. The van der Waals surface area contributed by atoms with Crippen molar-refractivity contribution in [2.45, 2.75) is 6.92 Å². The van der Waals surface area contributed by atoms with E-state index < -0.39 is 16.0 Å². The molecule has 0 saturated carbocycles. The largest absolute Gasteiger partial charge is 0.453 e. The zero-order chi connectivity index (χ0) is 17.0. The topological polar surface area (TPSA) is 89.5 Å². The van der Waals surface area contributed by atoms with E-state index in [9.17, 15) is 18.0 Å². The Kier molecular flexibility index (Phi) is 5.17. The predicted molar refractivity (Wildman–Crippen MR) is 88.6 cm³/mol. The van der Waals surface area contributed by atoms with Crippen molar-refractivity contribution in [2.24, 2.45) is 0 Å². The smallest absolute Gasteiger partial charge is 0.348 e. The fourth-order valence-electron chi connectivity index (χ4n) is 1.77. The van der Waals surface area contributed by atoms with Gasteiger partial charge in [-0.1, -0.05) is 0 Å². The van der Waals surface area contributed by atoms with Gasteiger partial charge in [0.2, 0.25) is 10.0 Å². The molecule has 0 aliphatic heterocycles. The number of nitrogens with one attached hydrogen (secondary N) is 1. The van der Waals surface area contributed by atoms with Gasteiger partial charge in [-0.3, -0.25) is 9.52 Å². The number of hydrogen-bond donors (Lipinski definition) is 1. The quantitative estimate of drug-likeness (QED) is 0.636. The number of thiophene rings is 1. The minimum Gasteiger partial charge on any atom is -0.453 e. The molecule has 0 radical (unpaired) electrons. The summed E-state index contributed by atoms with van der Waals surface area (Å²) in [5.74, 6) is -0.899. The Balaban J connectivity index is 1.94. The lowest BCUT2D eigenvalue weighted by Crippen LogP contribution is -2.14. The van der Waals surface area contributed by atoms with Crippen molar-refractivity contribution >= 4 is 38.8 Å². The SMILES string of the molecule is Cc1ccc(C(=O)OCC(=O)c2ccc(NS(C)(=O)=O)cc2)s1. The summed E-state index contributed by atoms with van der Waals surface area (Å²) in [5.41, 5.74) is 0.689. The van der Waals surface area contributed by atoms with Crippen molar-refractivity contribution in [3.8, 4) is 0 Å². The van der Waals surface area contributed by atoms with Crippen molar-refractivity contribution in [2.75, 3.05) is 17.6 Å². The number of hydrogen-bond acceptors (Lipinski definition) is 6. The lowest BCUT2D eigenvalue weighted by Gasteiger charge is -2.06. The molecule has 0 aliphatic carbocycles. The Morgan fingerprint density at radius 3 is 2.30 bits per heavy atom. The molecule has 23 heavy (non-hydrogen) atoms. The molecule has 8 heteroatoms. The standard InChI is InChI=1S/C15H15NO5S2/c1-10-3-8-14(22-10)15(18)21-9-13(17)11-4-6-12(7-5-11)16-23(2,19)20/h3-8,16H,9H2,1-2H3. The van der Waals surface area contributed by atoms with Crippen LogP contribution in [-0.4, -0.2) is 33.0 Å². The summed E-state index contributed by atoms with van der Waals surface area (Å²) in [6.45, 7) is 1.51. The molecule has 1 heterocycles. The van der Waals surface area contributed by atoms with Gasteiger partial charge >= 0.3 is 5.97 Å². The highest BCUT2D eigenvalue weighted by atomic mass is 32.2. The zero-order valence-electron chi connectivity index (χ0n) is 12.5. The first-order valence-electron chi connectivity index (χ1n) is 6.59. The molecular formula is C15H15NO5S2. The Morgan fingerprint density at radius 2 is 1.78 bits per heavy atom. The van der Waals surface area contributed by atoms with Gasteiger partial charge in [-0.05, 0) is 43.3 Å². The van der Waals surface area contributed by atoms with Gasteiger partial charge in [-0.25, -0.2) is 13.2 Å². The maximum Gasteiger partial charge on any atom is 0.348 e. The summed E-state index contributed by atoms with van der Waals surface area (Å²) in [6.07, 6.45) is 1.04. The van der Waals surface area contributed by atoms with Gasteiger partial charge in [0.15, 0.2) is 12.4 Å². The number of carbonyl (C=O) groups is 2. The van der Waals surface area contributed by atoms with E-state index in [4.69, 9.17) is 4.74 Å². The molecule has 0 unspecified atom stereocenters. The van der Waals surface area contributed by atoms with Crippen molar-refractivity contribution in [3.63, 3.8) is 0 Å². The van der Waals surface area contributed by atoms with Gasteiger partial charge in [0.1, 0.15) is 4.88 Å². The Morgan fingerprint density at radius 1 is 1.13 bits per heavy atom. The molecule has 2 aromatic rings. The van der Waals surface area contributed by atoms with Gasteiger partial charge in [0.25, 0.3) is 0 Å². The summed E-state index contributed by atoms with van der Waals surface area (Å²) in [7, 11) is -3.36. The Hall–Kier alpha value is -2.19. The van der Waals surface area contributed by atoms with Crippen LogP contribution in [0.1, 0.15) is 24.9 Å². The van der Waals surface area contributed by atoms with E-state index >= 15 is 0 Å². The highest BCUT2D eigenvalue weighted by Crippen LogP contribution is 2.16. The van der Waals surface area contributed by atoms with E-state index in [1.165, 1.54) is 35.6 Å². The molecule has 2 rings (SSSR count). The van der Waals surface area contributed by atoms with Gasteiger partial charge in [0.05, 0.1) is 6.26 Å². The van der Waals surface area contributed by atoms with Crippen LogP contribution in [0.5, 0.6) is 0 Å². The van der Waals surface area contributed by atoms with E-state index in [0.717, 1.165) is 11.1 Å². The van der Waals surface area contributed by atoms with Gasteiger partial charge < -0.3 is 4.74 Å². The minimum atomic E-state index is -3.36. The van der Waals surface area contributed by atoms with Gasteiger partial charge in [0, 0.05) is 16.1 Å². The van der Waals surface area contributed by atoms with E-state index in [-0.39, 0.29) is 12.4 Å². The number of rotatable bonds is 6. The maximum absolute atomic E-state index is 12.0. The molecule has 1 aromatic carbocycles. The number of Topliss-reactive ketones (excluding diaryl/α,β-unsaturated/α-hetero) is 1. The van der Waals surface area contributed by atoms with Crippen LogP contribution in [0.25, 0.3) is 0 Å². The lowest BCUT2D eigenvalue weighted by molar-refractivity contribution is 0.0479. The normalized spacial score (nSPS) is 11.0. The predicted octanol–water partition coefficient (Wildman–Crippen LogP) is 2.47. The van der Waals surface area contributed by atoms with Crippen molar-refractivity contribution in [1.29, 1.82) is 0 Å². The van der Waals surface area contributed by atoms with Crippen LogP contribution in [0.4, 0.5) is 5.69 Å². The third-order valence-electron chi connectivity index (χ3n) is 2.79. The van der Waals surface area contributed by atoms with Crippen LogP contribution in [0.15, 0.2) is 36.4 Å². The van der Waals surface area contributed by atoms with Crippen LogP contribution in [-0.2, 0) is 14.8 Å². The van der Waals surface area contributed by atoms with Crippen molar-refractivity contribution in [1.82, 2.24) is 0 Å². The number of anilines is 1. The first kappa shape index (κ1) is 17.2. The first-order valence-corrected chi connectivity index (χ1v) is 9.30. The van der Waals surface area contributed by atoms with Crippen LogP contribution in [0, 0.1) is 6.92 Å². The molecule has 1 N–H and O–H groups in total. The molecule has 0 saturated heterocycles. The minimum absolute atomic E-state index is 0.333. The summed E-state index contributed by atoms with van der Waals surface area (Å²) < 4.78 is 29.5. The lowest BCUT2D eigenvalue weighted by atomic mass is 10.1. The second-order valence-corrected chi connectivity index (χ2v) is 7.90. The molecule has 122 valence electrons. The summed E-state index contributed by atoms with van der Waals surface area (Å²) in [5, 5.41) is 0. The second-order valence-electron chi connectivity index (χ2n) is 4.86. The third-order valence-corrected chi connectivity index (χ3v) is 4.37. The van der Waals surface area contributed by atoms with Crippen molar-refractivity contribution < 1.29 is 22.7 Å². The van der Waals surface area contributed by atoms with Gasteiger partial charge in [-0.15, -0.1) is 11.3 Å². The summed E-state index contributed by atoms with van der Waals surface area (Å²) in [6, 6.07) is 9.34. The molecule has 0 spiro atoms. The average Bonchev–Trinajstić information content (AvgIpc) is 2.90. The Bertz CT molecular complexity index is 822. The number of aryl methyl sites for hydroxylation is 1. The molecule has 0 aliphatic rings. The molecule has 0 fully saturated rings.